The predicted molar refractivity (Wildman–Crippen MR) is 73.4 cm³/mol. The molecule has 3 rings (SSSR count). The summed E-state index contributed by atoms with van der Waals surface area (Å²) in [6.45, 7) is 2.77. The Morgan fingerprint density at radius 1 is 1.37 bits per heavy atom. The summed E-state index contributed by atoms with van der Waals surface area (Å²) < 4.78 is 5.28. The van der Waals surface area contributed by atoms with Gasteiger partial charge in [0.2, 0.25) is 0 Å². The van der Waals surface area contributed by atoms with Gasteiger partial charge in [-0.25, -0.2) is 0 Å². The molecule has 19 heavy (non-hydrogen) atoms. The Kier molecular flexibility index (Phi) is 3.42. The van der Waals surface area contributed by atoms with Gasteiger partial charge in [0.1, 0.15) is 5.75 Å². The van der Waals surface area contributed by atoms with Crippen LogP contribution in [0.5, 0.6) is 5.75 Å². The van der Waals surface area contributed by atoms with Crippen molar-refractivity contribution < 1.29 is 9.53 Å². The second-order valence-corrected chi connectivity index (χ2v) is 5.35. The number of hydrogen-bond acceptors (Lipinski definition) is 3. The molecule has 0 aromatic heterocycles. The number of nitrogens with one attached hydrogen (secondary N) is 1. The Morgan fingerprint density at radius 3 is 3.05 bits per heavy atom. The topological polar surface area (TPSA) is 41.6 Å². The summed E-state index contributed by atoms with van der Waals surface area (Å²) in [7, 11) is 1.61. The van der Waals surface area contributed by atoms with Crippen molar-refractivity contribution >= 4 is 5.91 Å². The van der Waals surface area contributed by atoms with Gasteiger partial charge >= 0.3 is 0 Å². The van der Waals surface area contributed by atoms with Crippen molar-refractivity contribution in [3.63, 3.8) is 0 Å². The molecule has 1 amide bonds. The van der Waals surface area contributed by atoms with Gasteiger partial charge in [-0.2, -0.15) is 0 Å². The number of amides is 1. The van der Waals surface area contributed by atoms with Crippen molar-refractivity contribution in [1.29, 1.82) is 0 Å². The number of benzene rings is 1. The highest BCUT2D eigenvalue weighted by atomic mass is 16.5. The third-order valence-corrected chi connectivity index (χ3v) is 4.30. The molecule has 2 atom stereocenters. The summed E-state index contributed by atoms with van der Waals surface area (Å²) in [4.78, 5) is 14.5. The molecule has 4 heteroatoms. The van der Waals surface area contributed by atoms with Gasteiger partial charge in [0.25, 0.3) is 5.91 Å². The van der Waals surface area contributed by atoms with Crippen LogP contribution in [0.1, 0.15) is 23.2 Å². The molecule has 2 unspecified atom stereocenters. The molecule has 4 nitrogen and oxygen atoms in total. The molecule has 2 heterocycles. The fraction of sp³-hybridized carbons (Fsp3) is 0.533. The lowest BCUT2D eigenvalue weighted by Gasteiger charge is -2.35. The van der Waals surface area contributed by atoms with Crippen LogP contribution in [0.4, 0.5) is 0 Å². The number of likely N-dealkylation sites (tertiary alicyclic amines) is 1. The fourth-order valence-electron chi connectivity index (χ4n) is 3.21. The van der Waals surface area contributed by atoms with E-state index in [1.54, 1.807) is 7.11 Å². The van der Waals surface area contributed by atoms with Gasteiger partial charge in [-0.3, -0.25) is 4.79 Å². The molecule has 1 N–H and O–H groups in total. The van der Waals surface area contributed by atoms with Crippen LogP contribution < -0.4 is 10.1 Å². The number of piperidine rings is 1. The van der Waals surface area contributed by atoms with Gasteiger partial charge in [0, 0.05) is 19.1 Å². The zero-order chi connectivity index (χ0) is 13.2. The lowest BCUT2D eigenvalue weighted by molar-refractivity contribution is 0.0666. The molecule has 2 aliphatic rings. The predicted octanol–water partition coefficient (Wildman–Crippen LogP) is 1.52. The Balaban J connectivity index is 1.76. The molecule has 0 spiro atoms. The molecule has 2 aliphatic heterocycles. The molecule has 1 aromatic carbocycles. The number of nitrogens with zero attached hydrogens (tertiary/aromatic N) is 1. The summed E-state index contributed by atoms with van der Waals surface area (Å²) in [6.07, 6.45) is 2.36. The van der Waals surface area contributed by atoms with Gasteiger partial charge in [-0.05, 0) is 37.4 Å². The third-order valence-electron chi connectivity index (χ3n) is 4.30. The average Bonchev–Trinajstić information content (AvgIpc) is 2.93. The second kappa shape index (κ2) is 5.21. The lowest BCUT2D eigenvalue weighted by atomic mass is 9.92. The standard InChI is InChI=1S/C15H20N2O2/c1-19-14-5-3-2-4-12(14)15(18)17-9-7-11-6-8-16-13(11)10-17/h2-5,11,13,16H,6-10H2,1H3. The molecule has 0 aliphatic carbocycles. The Bertz CT molecular complexity index is 475. The quantitative estimate of drug-likeness (QED) is 0.876. The van der Waals surface area contributed by atoms with Crippen LogP contribution in [0.3, 0.4) is 0 Å². The van der Waals surface area contributed by atoms with Gasteiger partial charge in [0.05, 0.1) is 12.7 Å². The molecule has 1 aromatic rings. The van der Waals surface area contributed by atoms with Crippen LogP contribution in [0, 0.1) is 5.92 Å². The molecule has 0 saturated carbocycles. The molecular formula is C15H20N2O2. The van der Waals surface area contributed by atoms with Gasteiger partial charge in [-0.1, -0.05) is 12.1 Å². The monoisotopic (exact) mass is 260 g/mol. The minimum atomic E-state index is 0.0876. The van der Waals surface area contributed by atoms with Crippen LogP contribution in [0.2, 0.25) is 0 Å². The minimum Gasteiger partial charge on any atom is -0.496 e. The number of para-hydroxylation sites is 1. The first-order chi connectivity index (χ1) is 9.29. The fourth-order valence-corrected chi connectivity index (χ4v) is 3.21. The van der Waals surface area contributed by atoms with E-state index in [0.717, 1.165) is 32.0 Å². The number of fused-ring (bicyclic) bond motifs is 1. The number of hydrogen-bond donors (Lipinski definition) is 1. The van der Waals surface area contributed by atoms with Crippen LogP contribution >= 0.6 is 0 Å². The van der Waals surface area contributed by atoms with Gasteiger partial charge in [-0.15, -0.1) is 0 Å². The molecule has 102 valence electrons. The summed E-state index contributed by atoms with van der Waals surface area (Å²) in [5, 5.41) is 3.50. The van der Waals surface area contributed by atoms with E-state index in [2.05, 4.69) is 5.32 Å². The maximum atomic E-state index is 12.6. The number of methoxy groups -OCH3 is 1. The van der Waals surface area contributed by atoms with E-state index in [0.29, 0.717) is 17.4 Å². The maximum absolute atomic E-state index is 12.6. The first-order valence-electron chi connectivity index (χ1n) is 6.95. The van der Waals surface area contributed by atoms with Crippen molar-refractivity contribution in [2.24, 2.45) is 5.92 Å². The zero-order valence-corrected chi connectivity index (χ0v) is 11.3. The van der Waals surface area contributed by atoms with Crippen molar-refractivity contribution in [2.75, 3.05) is 26.7 Å². The molecule has 0 bridgehead atoms. The van der Waals surface area contributed by atoms with Crippen molar-refractivity contribution in [1.82, 2.24) is 10.2 Å². The number of ether oxygens (including phenoxy) is 1. The van der Waals surface area contributed by atoms with E-state index < -0.39 is 0 Å². The summed E-state index contributed by atoms with van der Waals surface area (Å²) in [5.74, 6) is 1.50. The smallest absolute Gasteiger partial charge is 0.257 e. The van der Waals surface area contributed by atoms with Crippen LogP contribution in [0.25, 0.3) is 0 Å². The van der Waals surface area contributed by atoms with Crippen molar-refractivity contribution in [2.45, 2.75) is 18.9 Å². The highest BCUT2D eigenvalue weighted by molar-refractivity contribution is 5.97. The normalized spacial score (nSPS) is 26.1. The van der Waals surface area contributed by atoms with E-state index in [4.69, 9.17) is 4.74 Å². The van der Waals surface area contributed by atoms with Crippen molar-refractivity contribution in [3.05, 3.63) is 29.8 Å². The largest absolute Gasteiger partial charge is 0.496 e. The van der Waals surface area contributed by atoms with Crippen molar-refractivity contribution in [3.8, 4) is 5.75 Å². The summed E-state index contributed by atoms with van der Waals surface area (Å²) in [6, 6.07) is 7.94. The average molecular weight is 260 g/mol. The lowest BCUT2D eigenvalue weighted by Crippen LogP contribution is -2.48. The highest BCUT2D eigenvalue weighted by Crippen LogP contribution is 2.27. The molecule has 2 fully saturated rings. The van der Waals surface area contributed by atoms with Crippen LogP contribution in [-0.2, 0) is 0 Å². The van der Waals surface area contributed by atoms with E-state index in [1.165, 1.54) is 6.42 Å². The highest BCUT2D eigenvalue weighted by Gasteiger charge is 2.34. The molecular weight excluding hydrogens is 240 g/mol. The van der Waals surface area contributed by atoms with Crippen LogP contribution in [0.15, 0.2) is 24.3 Å². The Hall–Kier alpha value is -1.55. The number of carbonyl (C=O) groups is 1. The first-order valence-corrected chi connectivity index (χ1v) is 6.95. The van der Waals surface area contributed by atoms with Gasteiger partial charge < -0.3 is 15.0 Å². The third kappa shape index (κ3) is 2.32. The zero-order valence-electron chi connectivity index (χ0n) is 11.3. The Morgan fingerprint density at radius 2 is 2.21 bits per heavy atom. The summed E-state index contributed by atoms with van der Waals surface area (Å²) >= 11 is 0. The van der Waals surface area contributed by atoms with E-state index in [9.17, 15) is 4.79 Å². The second-order valence-electron chi connectivity index (χ2n) is 5.35. The summed E-state index contributed by atoms with van der Waals surface area (Å²) in [5.41, 5.74) is 0.668. The van der Waals surface area contributed by atoms with Gasteiger partial charge in [0.15, 0.2) is 0 Å². The maximum Gasteiger partial charge on any atom is 0.257 e. The number of carbonyl (C=O) groups excluding carboxylic acids is 1. The Labute approximate surface area is 113 Å². The SMILES string of the molecule is COc1ccccc1C(=O)N1CCC2CCNC2C1. The van der Waals surface area contributed by atoms with E-state index in [1.807, 2.05) is 29.2 Å². The van der Waals surface area contributed by atoms with Crippen LogP contribution in [-0.4, -0.2) is 43.6 Å². The number of rotatable bonds is 2. The minimum absolute atomic E-state index is 0.0876. The first kappa shape index (κ1) is 12.5. The molecule has 2 saturated heterocycles. The van der Waals surface area contributed by atoms with E-state index in [-0.39, 0.29) is 5.91 Å². The molecule has 0 radical (unpaired) electrons. The van der Waals surface area contributed by atoms with E-state index >= 15 is 0 Å².